The van der Waals surface area contributed by atoms with Crippen LogP contribution in [0.4, 0.5) is 5.69 Å². The fraction of sp³-hybridized carbons (Fsp3) is 0.0870. The normalized spacial score (nSPS) is 10.6. The summed E-state index contributed by atoms with van der Waals surface area (Å²) in [5.41, 5.74) is 9.40. The molecule has 0 saturated carbocycles. The van der Waals surface area contributed by atoms with E-state index in [-0.39, 0.29) is 5.91 Å². The van der Waals surface area contributed by atoms with E-state index in [1.807, 2.05) is 60.8 Å². The minimum Gasteiger partial charge on any atom is -0.496 e. The Bertz CT molecular complexity index is 1190. The number of methoxy groups -OCH3 is 2. The molecule has 0 aliphatic rings. The maximum absolute atomic E-state index is 13.1. The Hall–Kier alpha value is -3.45. The molecule has 0 atom stereocenters. The van der Waals surface area contributed by atoms with Crippen LogP contribution in [0.1, 0.15) is 10.4 Å². The lowest BCUT2D eigenvalue weighted by Gasteiger charge is -2.15. The summed E-state index contributed by atoms with van der Waals surface area (Å²) in [6.45, 7) is 0. The molecule has 30 heavy (non-hydrogen) atoms. The second-order valence-electron chi connectivity index (χ2n) is 6.56. The molecule has 1 heterocycles. The predicted molar refractivity (Wildman–Crippen MR) is 122 cm³/mol. The molecule has 4 rings (SSSR count). The lowest BCUT2D eigenvalue weighted by atomic mass is 10.0. The number of carbonyl (C=O) groups is 1. The summed E-state index contributed by atoms with van der Waals surface area (Å²) < 4.78 is 12.1. The maximum atomic E-state index is 13.1. The number of aromatic amines is 1. The number of benzene rings is 3. The third kappa shape index (κ3) is 3.71. The van der Waals surface area contributed by atoms with Crippen LogP contribution in [0.25, 0.3) is 22.0 Å². The van der Waals surface area contributed by atoms with Crippen molar-refractivity contribution in [2.24, 2.45) is 0 Å². The number of fused-ring (bicyclic) bond motifs is 1. The molecule has 0 saturated heterocycles. The number of hydrogen-bond acceptors (Lipinski definition) is 4. The average molecular weight is 466 g/mol. The number of anilines is 1. The first kappa shape index (κ1) is 19.8. The van der Waals surface area contributed by atoms with Crippen LogP contribution < -0.4 is 20.3 Å². The van der Waals surface area contributed by atoms with Gasteiger partial charge in [-0.3, -0.25) is 15.6 Å². The summed E-state index contributed by atoms with van der Waals surface area (Å²) in [5.74, 6) is 0.706. The first-order chi connectivity index (χ1) is 14.6. The molecule has 6 nitrogen and oxygen atoms in total. The van der Waals surface area contributed by atoms with Crippen molar-refractivity contribution < 1.29 is 14.3 Å². The number of carbonyl (C=O) groups excluding carboxylic acids is 1. The van der Waals surface area contributed by atoms with E-state index in [2.05, 4.69) is 31.8 Å². The van der Waals surface area contributed by atoms with Crippen LogP contribution >= 0.6 is 15.9 Å². The number of para-hydroxylation sites is 1. The smallest absolute Gasteiger partial charge is 0.275 e. The highest BCUT2D eigenvalue weighted by Crippen LogP contribution is 2.41. The number of hydrogen-bond donors (Lipinski definition) is 3. The fourth-order valence-corrected chi connectivity index (χ4v) is 3.64. The molecule has 4 aromatic rings. The van der Waals surface area contributed by atoms with Gasteiger partial charge >= 0.3 is 0 Å². The molecule has 1 aromatic heterocycles. The fourth-order valence-electron chi connectivity index (χ4n) is 3.38. The van der Waals surface area contributed by atoms with Crippen LogP contribution in [0, 0.1) is 0 Å². The van der Waals surface area contributed by atoms with Crippen LogP contribution in [-0.2, 0) is 0 Å². The number of amides is 1. The number of aromatic nitrogens is 1. The van der Waals surface area contributed by atoms with Crippen LogP contribution in [-0.4, -0.2) is 25.1 Å². The monoisotopic (exact) mass is 465 g/mol. The number of rotatable bonds is 6. The van der Waals surface area contributed by atoms with Crippen LogP contribution in [0.3, 0.4) is 0 Å². The lowest BCUT2D eigenvalue weighted by molar-refractivity contribution is 0.0961. The SMILES string of the molecule is COc1cc(OC)c2c(-c3ccc(Br)cc3)c[nH]c2c1C(=O)NNc1ccccc1. The zero-order chi connectivity index (χ0) is 21.1. The van der Waals surface area contributed by atoms with Gasteiger partial charge in [0.05, 0.1) is 30.8 Å². The van der Waals surface area contributed by atoms with Gasteiger partial charge < -0.3 is 14.5 Å². The summed E-state index contributed by atoms with van der Waals surface area (Å²) in [5, 5.41) is 0.811. The Labute approximate surface area is 182 Å². The van der Waals surface area contributed by atoms with Gasteiger partial charge in [0.2, 0.25) is 0 Å². The molecule has 7 heteroatoms. The first-order valence-corrected chi connectivity index (χ1v) is 10.0. The van der Waals surface area contributed by atoms with Gasteiger partial charge in [-0.1, -0.05) is 46.3 Å². The Morgan fingerprint density at radius 2 is 1.67 bits per heavy atom. The second kappa shape index (κ2) is 8.51. The number of ether oxygens (including phenoxy) is 2. The number of hydrazine groups is 1. The molecule has 0 unspecified atom stereocenters. The van der Waals surface area contributed by atoms with Crippen molar-refractivity contribution in [2.75, 3.05) is 19.6 Å². The van der Waals surface area contributed by atoms with Crippen LogP contribution in [0.2, 0.25) is 0 Å². The predicted octanol–water partition coefficient (Wildman–Crippen LogP) is 5.37. The van der Waals surface area contributed by atoms with Gasteiger partial charge in [-0.05, 0) is 29.8 Å². The van der Waals surface area contributed by atoms with E-state index in [0.29, 0.717) is 22.6 Å². The van der Waals surface area contributed by atoms with E-state index < -0.39 is 0 Å². The van der Waals surface area contributed by atoms with Crippen molar-refractivity contribution in [3.63, 3.8) is 0 Å². The van der Waals surface area contributed by atoms with Crippen molar-refractivity contribution in [2.45, 2.75) is 0 Å². The molecule has 1 amide bonds. The summed E-state index contributed by atoms with van der Waals surface area (Å²) >= 11 is 3.46. The third-order valence-corrected chi connectivity index (χ3v) is 5.33. The number of H-pyrrole nitrogens is 1. The minimum absolute atomic E-state index is 0.326. The van der Waals surface area contributed by atoms with E-state index in [4.69, 9.17) is 9.47 Å². The largest absolute Gasteiger partial charge is 0.496 e. The van der Waals surface area contributed by atoms with Crippen molar-refractivity contribution in [3.05, 3.63) is 76.9 Å². The van der Waals surface area contributed by atoms with Crippen molar-refractivity contribution in [3.8, 4) is 22.6 Å². The highest BCUT2D eigenvalue weighted by Gasteiger charge is 2.23. The Kier molecular flexibility index (Phi) is 5.63. The highest BCUT2D eigenvalue weighted by molar-refractivity contribution is 9.10. The molecule has 0 fully saturated rings. The second-order valence-corrected chi connectivity index (χ2v) is 7.48. The molecule has 0 bridgehead atoms. The summed E-state index contributed by atoms with van der Waals surface area (Å²) in [4.78, 5) is 16.3. The van der Waals surface area contributed by atoms with E-state index in [0.717, 1.165) is 26.7 Å². The summed E-state index contributed by atoms with van der Waals surface area (Å²) in [6.07, 6.45) is 1.87. The van der Waals surface area contributed by atoms with Gasteiger partial charge in [0.25, 0.3) is 5.91 Å². The van der Waals surface area contributed by atoms with Gasteiger partial charge in [-0.15, -0.1) is 0 Å². The van der Waals surface area contributed by atoms with Crippen molar-refractivity contribution in [1.82, 2.24) is 10.4 Å². The first-order valence-electron chi connectivity index (χ1n) is 9.25. The zero-order valence-corrected chi connectivity index (χ0v) is 18.0. The Morgan fingerprint density at radius 1 is 0.967 bits per heavy atom. The van der Waals surface area contributed by atoms with Gasteiger partial charge in [0, 0.05) is 22.3 Å². The molecule has 0 aliphatic carbocycles. The molecule has 0 spiro atoms. The Morgan fingerprint density at radius 3 is 2.33 bits per heavy atom. The molecule has 152 valence electrons. The van der Waals surface area contributed by atoms with Gasteiger partial charge in [-0.25, -0.2) is 0 Å². The minimum atomic E-state index is -0.326. The van der Waals surface area contributed by atoms with Crippen molar-refractivity contribution >= 4 is 38.4 Å². The van der Waals surface area contributed by atoms with Crippen LogP contribution in [0.15, 0.2) is 71.3 Å². The molecule has 3 N–H and O–H groups in total. The molecule has 3 aromatic carbocycles. The van der Waals surface area contributed by atoms with Gasteiger partial charge in [0.15, 0.2) is 0 Å². The molecular weight excluding hydrogens is 446 g/mol. The summed E-state index contributed by atoms with van der Waals surface area (Å²) in [7, 11) is 3.13. The van der Waals surface area contributed by atoms with Crippen molar-refractivity contribution in [1.29, 1.82) is 0 Å². The Balaban J connectivity index is 1.80. The lowest BCUT2D eigenvalue weighted by Crippen LogP contribution is -2.29. The van der Waals surface area contributed by atoms with Gasteiger partial charge in [-0.2, -0.15) is 0 Å². The van der Waals surface area contributed by atoms with E-state index in [1.54, 1.807) is 13.2 Å². The van der Waals surface area contributed by atoms with Crippen LogP contribution in [0.5, 0.6) is 11.5 Å². The zero-order valence-electron chi connectivity index (χ0n) is 16.5. The van der Waals surface area contributed by atoms with Gasteiger partial charge in [0.1, 0.15) is 17.1 Å². The summed E-state index contributed by atoms with van der Waals surface area (Å²) in [6, 6.07) is 19.1. The number of nitrogens with one attached hydrogen (secondary N) is 3. The topological polar surface area (TPSA) is 75.4 Å². The standard InChI is InChI=1S/C23H20BrN3O3/c1-29-18-12-19(30-2)21(23(28)27-26-16-6-4-3-5-7-16)22-20(18)17(13-25-22)14-8-10-15(24)11-9-14/h3-13,25-26H,1-2H3,(H,27,28). The molecule has 0 aliphatic heterocycles. The molecule has 0 radical (unpaired) electrons. The molecular formula is C23H20BrN3O3. The van der Waals surface area contributed by atoms with E-state index in [9.17, 15) is 4.79 Å². The van der Waals surface area contributed by atoms with E-state index in [1.165, 1.54) is 7.11 Å². The highest BCUT2D eigenvalue weighted by atomic mass is 79.9. The van der Waals surface area contributed by atoms with E-state index >= 15 is 0 Å². The quantitative estimate of drug-likeness (QED) is 0.334. The maximum Gasteiger partial charge on any atom is 0.275 e. The average Bonchev–Trinajstić information content (AvgIpc) is 3.22. The third-order valence-electron chi connectivity index (χ3n) is 4.80. The number of halogens is 1.